The Morgan fingerprint density at radius 1 is 1.50 bits per heavy atom. The first-order chi connectivity index (χ1) is 6.77. The van der Waals surface area contributed by atoms with Crippen LogP contribution in [0.5, 0.6) is 5.75 Å². The zero-order valence-corrected chi connectivity index (χ0v) is 8.88. The van der Waals surface area contributed by atoms with Gasteiger partial charge in [0.1, 0.15) is 12.0 Å². The van der Waals surface area contributed by atoms with Crippen LogP contribution in [0.25, 0.3) is 0 Å². The van der Waals surface area contributed by atoms with Gasteiger partial charge in [-0.15, -0.1) is 0 Å². The Morgan fingerprint density at radius 2 is 2.29 bits per heavy atom. The van der Waals surface area contributed by atoms with E-state index in [-0.39, 0.29) is 0 Å². The molecule has 0 N–H and O–H groups in total. The Labute approximate surface area is 88.8 Å². The van der Waals surface area contributed by atoms with Gasteiger partial charge < -0.3 is 9.53 Å². The van der Waals surface area contributed by atoms with Crippen molar-refractivity contribution in [2.75, 3.05) is 6.61 Å². The average molecular weight is 213 g/mol. The lowest BCUT2D eigenvalue weighted by Crippen LogP contribution is -1.99. The number of halogens is 1. The lowest BCUT2D eigenvalue weighted by Gasteiger charge is -2.09. The van der Waals surface area contributed by atoms with Crippen LogP contribution in [0.2, 0.25) is 5.02 Å². The minimum atomic E-state index is 0.347. The maximum absolute atomic E-state index is 10.4. The molecular formula is C11H13ClO2. The summed E-state index contributed by atoms with van der Waals surface area (Å²) >= 11 is 5.82. The van der Waals surface area contributed by atoms with E-state index < -0.39 is 0 Å². The number of benzene rings is 1. The third kappa shape index (κ3) is 3.04. The molecule has 0 spiro atoms. The van der Waals surface area contributed by atoms with Crippen LogP contribution >= 0.6 is 11.6 Å². The molecule has 0 fully saturated rings. The fourth-order valence-corrected chi connectivity index (χ4v) is 1.34. The van der Waals surface area contributed by atoms with E-state index in [0.717, 1.165) is 24.0 Å². The molecule has 0 amide bonds. The summed E-state index contributed by atoms with van der Waals surface area (Å²) in [4.78, 5) is 10.4. The van der Waals surface area contributed by atoms with Crippen LogP contribution in [0, 0.1) is 0 Å². The molecule has 0 bridgehead atoms. The molecule has 14 heavy (non-hydrogen) atoms. The number of aldehydes is 1. The first kappa shape index (κ1) is 11.1. The lowest BCUT2D eigenvalue weighted by atomic mass is 10.1. The van der Waals surface area contributed by atoms with Gasteiger partial charge in [0.05, 0.1) is 6.61 Å². The van der Waals surface area contributed by atoms with Crippen molar-refractivity contribution < 1.29 is 9.53 Å². The van der Waals surface area contributed by atoms with E-state index >= 15 is 0 Å². The summed E-state index contributed by atoms with van der Waals surface area (Å²) in [5, 5.41) is 0.630. The van der Waals surface area contributed by atoms with Crippen molar-refractivity contribution in [3.63, 3.8) is 0 Å². The summed E-state index contributed by atoms with van der Waals surface area (Å²) in [6, 6.07) is 5.33. The van der Waals surface area contributed by atoms with Gasteiger partial charge in [-0.25, -0.2) is 0 Å². The zero-order valence-electron chi connectivity index (χ0n) is 8.13. The van der Waals surface area contributed by atoms with E-state index in [2.05, 4.69) is 0 Å². The molecule has 0 aliphatic rings. The fourth-order valence-electron chi connectivity index (χ4n) is 1.15. The summed E-state index contributed by atoms with van der Waals surface area (Å²) in [6.45, 7) is 2.70. The molecule has 76 valence electrons. The topological polar surface area (TPSA) is 26.3 Å². The van der Waals surface area contributed by atoms with Crippen LogP contribution in [0.4, 0.5) is 0 Å². The normalized spacial score (nSPS) is 9.86. The fraction of sp³-hybridized carbons (Fsp3) is 0.364. The van der Waals surface area contributed by atoms with Crippen molar-refractivity contribution in [3.05, 3.63) is 28.8 Å². The number of hydrogen-bond donors (Lipinski definition) is 0. The van der Waals surface area contributed by atoms with Crippen LogP contribution in [0.1, 0.15) is 18.9 Å². The van der Waals surface area contributed by atoms with Crippen LogP contribution in [0.15, 0.2) is 18.2 Å². The highest BCUT2D eigenvalue weighted by atomic mass is 35.5. The van der Waals surface area contributed by atoms with Crippen molar-refractivity contribution in [2.24, 2.45) is 0 Å². The summed E-state index contributed by atoms with van der Waals surface area (Å²) in [7, 11) is 0. The maximum atomic E-state index is 10.4. The first-order valence-corrected chi connectivity index (χ1v) is 5.00. The third-order valence-corrected chi connectivity index (χ3v) is 2.02. The number of carbonyl (C=O) groups excluding carboxylic acids is 1. The van der Waals surface area contributed by atoms with Gasteiger partial charge in [-0.2, -0.15) is 0 Å². The third-order valence-electron chi connectivity index (χ3n) is 1.79. The summed E-state index contributed by atoms with van der Waals surface area (Å²) in [5.41, 5.74) is 0.848. The van der Waals surface area contributed by atoms with Gasteiger partial charge in [0, 0.05) is 17.0 Å². The van der Waals surface area contributed by atoms with Gasteiger partial charge >= 0.3 is 0 Å². The van der Waals surface area contributed by atoms with Crippen LogP contribution in [-0.2, 0) is 11.2 Å². The molecule has 0 atom stereocenters. The Bertz CT molecular complexity index is 310. The van der Waals surface area contributed by atoms with Gasteiger partial charge in [-0.05, 0) is 24.6 Å². The highest BCUT2D eigenvalue weighted by Crippen LogP contribution is 2.23. The first-order valence-electron chi connectivity index (χ1n) is 4.62. The molecule has 0 aromatic heterocycles. The Morgan fingerprint density at radius 3 is 2.93 bits per heavy atom. The SMILES string of the molecule is CCCOc1ccc(Cl)cc1CC=O. The predicted octanol–water partition coefficient (Wildman–Crippen LogP) is 2.87. The molecule has 0 aliphatic heterocycles. The largest absolute Gasteiger partial charge is 0.493 e. The smallest absolute Gasteiger partial charge is 0.124 e. The van der Waals surface area contributed by atoms with Crippen molar-refractivity contribution in [1.82, 2.24) is 0 Å². The molecule has 0 radical (unpaired) electrons. The average Bonchev–Trinajstić information content (AvgIpc) is 2.17. The molecule has 0 unspecified atom stereocenters. The number of ether oxygens (including phenoxy) is 1. The molecular weight excluding hydrogens is 200 g/mol. The van der Waals surface area contributed by atoms with E-state index in [9.17, 15) is 4.79 Å². The van der Waals surface area contributed by atoms with Crippen molar-refractivity contribution >= 4 is 17.9 Å². The van der Waals surface area contributed by atoms with E-state index in [1.54, 1.807) is 18.2 Å². The molecule has 3 heteroatoms. The minimum Gasteiger partial charge on any atom is -0.493 e. The van der Waals surface area contributed by atoms with E-state index in [4.69, 9.17) is 16.3 Å². The molecule has 0 heterocycles. The molecule has 0 saturated carbocycles. The van der Waals surface area contributed by atoms with Crippen LogP contribution < -0.4 is 4.74 Å². The lowest BCUT2D eigenvalue weighted by molar-refractivity contribution is -0.107. The summed E-state index contributed by atoms with van der Waals surface area (Å²) in [6.07, 6.45) is 2.15. The highest BCUT2D eigenvalue weighted by Gasteiger charge is 2.03. The van der Waals surface area contributed by atoms with Crippen LogP contribution in [-0.4, -0.2) is 12.9 Å². The van der Waals surface area contributed by atoms with Gasteiger partial charge in [0.2, 0.25) is 0 Å². The second-order valence-electron chi connectivity index (χ2n) is 2.97. The van der Waals surface area contributed by atoms with E-state index in [0.29, 0.717) is 18.1 Å². The van der Waals surface area contributed by atoms with Gasteiger partial charge in [-0.1, -0.05) is 18.5 Å². The molecule has 2 nitrogen and oxygen atoms in total. The summed E-state index contributed by atoms with van der Waals surface area (Å²) in [5.74, 6) is 0.753. The monoisotopic (exact) mass is 212 g/mol. The quantitative estimate of drug-likeness (QED) is 0.702. The van der Waals surface area contributed by atoms with Gasteiger partial charge in [-0.3, -0.25) is 0 Å². The number of rotatable bonds is 5. The van der Waals surface area contributed by atoms with Crippen molar-refractivity contribution in [2.45, 2.75) is 19.8 Å². The zero-order chi connectivity index (χ0) is 10.4. The van der Waals surface area contributed by atoms with Gasteiger partial charge in [0.15, 0.2) is 0 Å². The van der Waals surface area contributed by atoms with Crippen LogP contribution in [0.3, 0.4) is 0 Å². The minimum absolute atomic E-state index is 0.347. The number of hydrogen-bond acceptors (Lipinski definition) is 2. The molecule has 1 rings (SSSR count). The molecule has 0 aliphatic carbocycles. The number of carbonyl (C=O) groups is 1. The Kier molecular flexibility index (Phi) is 4.47. The Balaban J connectivity index is 2.83. The summed E-state index contributed by atoms with van der Waals surface area (Å²) < 4.78 is 5.48. The molecule has 1 aromatic rings. The van der Waals surface area contributed by atoms with Crippen molar-refractivity contribution in [3.8, 4) is 5.75 Å². The van der Waals surface area contributed by atoms with E-state index in [1.807, 2.05) is 6.92 Å². The second kappa shape index (κ2) is 5.66. The second-order valence-corrected chi connectivity index (χ2v) is 3.41. The highest BCUT2D eigenvalue weighted by molar-refractivity contribution is 6.30. The van der Waals surface area contributed by atoms with Gasteiger partial charge in [0.25, 0.3) is 0 Å². The maximum Gasteiger partial charge on any atom is 0.124 e. The standard InChI is InChI=1S/C11H13ClO2/c1-2-7-14-11-4-3-10(12)8-9(11)5-6-13/h3-4,6,8H,2,5,7H2,1H3. The molecule has 1 aromatic carbocycles. The predicted molar refractivity (Wildman–Crippen MR) is 57.0 cm³/mol. The van der Waals surface area contributed by atoms with Crippen molar-refractivity contribution in [1.29, 1.82) is 0 Å². The van der Waals surface area contributed by atoms with E-state index in [1.165, 1.54) is 0 Å². The Hall–Kier alpha value is -1.02. The molecule has 0 saturated heterocycles.